The molecule has 1 fully saturated rings. The number of phenolic OH excluding ortho intramolecular Hbond substituents is 1. The number of aromatic nitrogens is 4. The smallest absolute Gasteiger partial charge is 0.329 e. The van der Waals surface area contributed by atoms with Crippen LogP contribution in [-0.4, -0.2) is 24.2 Å². The summed E-state index contributed by atoms with van der Waals surface area (Å²) in [5.74, 6) is 0.676. The van der Waals surface area contributed by atoms with Crippen molar-refractivity contribution in [3.8, 4) is 5.75 Å². The third-order valence-electron chi connectivity index (χ3n) is 6.16. The molecule has 0 unspecified atom stereocenters. The van der Waals surface area contributed by atoms with Crippen LogP contribution in [-0.2, 0) is 6.54 Å². The Bertz CT molecular complexity index is 1220. The van der Waals surface area contributed by atoms with Gasteiger partial charge in [0.15, 0.2) is 0 Å². The molecule has 4 aromatic rings. The lowest BCUT2D eigenvalue weighted by Gasteiger charge is -2.29. The van der Waals surface area contributed by atoms with Crippen LogP contribution >= 0.6 is 0 Å². The van der Waals surface area contributed by atoms with E-state index in [1.54, 1.807) is 29.0 Å². The maximum absolute atomic E-state index is 13.6. The van der Waals surface area contributed by atoms with Gasteiger partial charge in [0.05, 0.1) is 23.8 Å². The van der Waals surface area contributed by atoms with E-state index in [-0.39, 0.29) is 17.5 Å². The molecule has 0 amide bonds. The number of pyridine rings is 1. The van der Waals surface area contributed by atoms with Crippen LogP contribution in [0, 0.1) is 5.92 Å². The molecule has 3 heterocycles. The van der Waals surface area contributed by atoms with E-state index in [0.717, 1.165) is 46.9 Å². The Kier molecular flexibility index (Phi) is 4.00. The topological polar surface area (TPSA) is 75.8 Å². The molecule has 3 aromatic heterocycles. The van der Waals surface area contributed by atoms with E-state index in [0.29, 0.717) is 12.5 Å². The van der Waals surface area contributed by atoms with Gasteiger partial charge in [0.2, 0.25) is 0 Å². The first-order valence-electron chi connectivity index (χ1n) is 9.98. The lowest BCUT2D eigenvalue weighted by atomic mass is 9.85. The van der Waals surface area contributed by atoms with Crippen LogP contribution in [0.3, 0.4) is 0 Å². The molecule has 1 saturated carbocycles. The van der Waals surface area contributed by atoms with Gasteiger partial charge in [-0.25, -0.2) is 9.78 Å². The Morgan fingerprint density at radius 2 is 2.11 bits per heavy atom. The lowest BCUT2D eigenvalue weighted by Crippen LogP contribution is -2.32. The summed E-state index contributed by atoms with van der Waals surface area (Å²) >= 11 is 0. The SMILES string of the molecule is C[C@@H]1CCCC[C@@H]1n1c(=O)n(Cc2cccc(O)c2)c2cnc3[nH]ccc3c21. The van der Waals surface area contributed by atoms with E-state index in [1.165, 1.54) is 6.42 Å². The van der Waals surface area contributed by atoms with Gasteiger partial charge in [-0.1, -0.05) is 31.9 Å². The highest BCUT2D eigenvalue weighted by atomic mass is 16.3. The van der Waals surface area contributed by atoms with E-state index in [9.17, 15) is 9.90 Å². The Morgan fingerprint density at radius 3 is 2.93 bits per heavy atom. The van der Waals surface area contributed by atoms with Crippen LogP contribution < -0.4 is 5.69 Å². The van der Waals surface area contributed by atoms with E-state index in [4.69, 9.17) is 0 Å². The molecular formula is C22H24N4O2. The minimum atomic E-state index is 0.00703. The van der Waals surface area contributed by atoms with E-state index in [2.05, 4.69) is 16.9 Å². The van der Waals surface area contributed by atoms with Crippen LogP contribution in [0.4, 0.5) is 0 Å². The summed E-state index contributed by atoms with van der Waals surface area (Å²) in [6, 6.07) is 9.30. The number of H-pyrrole nitrogens is 1. The fourth-order valence-corrected chi connectivity index (χ4v) is 4.74. The molecule has 1 aromatic carbocycles. The maximum atomic E-state index is 13.6. The molecule has 1 aliphatic rings. The minimum absolute atomic E-state index is 0.00703. The number of hydrogen-bond acceptors (Lipinski definition) is 3. The first-order valence-corrected chi connectivity index (χ1v) is 9.98. The molecule has 2 N–H and O–H groups in total. The number of hydrogen-bond donors (Lipinski definition) is 2. The van der Waals surface area contributed by atoms with Crippen molar-refractivity contribution in [1.82, 2.24) is 19.1 Å². The first kappa shape index (κ1) is 17.1. The summed E-state index contributed by atoms with van der Waals surface area (Å²) < 4.78 is 3.81. The molecule has 0 saturated heterocycles. The summed E-state index contributed by atoms with van der Waals surface area (Å²) in [7, 11) is 0. The van der Waals surface area contributed by atoms with Crippen molar-refractivity contribution >= 4 is 22.1 Å². The normalized spacial score (nSPS) is 20.2. The summed E-state index contributed by atoms with van der Waals surface area (Å²) in [5, 5.41) is 10.8. The zero-order valence-electron chi connectivity index (χ0n) is 15.9. The quantitative estimate of drug-likeness (QED) is 0.563. The number of imidazole rings is 1. The Balaban J connectivity index is 1.77. The van der Waals surface area contributed by atoms with Crippen molar-refractivity contribution in [2.24, 2.45) is 5.92 Å². The Hall–Kier alpha value is -3.02. The molecular weight excluding hydrogens is 352 g/mol. The molecule has 6 nitrogen and oxygen atoms in total. The van der Waals surface area contributed by atoms with Gasteiger partial charge in [-0.05, 0) is 42.5 Å². The van der Waals surface area contributed by atoms with Crippen molar-refractivity contribution in [2.75, 3.05) is 0 Å². The number of aromatic amines is 1. The van der Waals surface area contributed by atoms with Crippen molar-refractivity contribution in [2.45, 2.75) is 45.2 Å². The fourth-order valence-electron chi connectivity index (χ4n) is 4.74. The van der Waals surface area contributed by atoms with E-state index < -0.39 is 0 Å². The van der Waals surface area contributed by atoms with Gasteiger partial charge < -0.3 is 10.1 Å². The summed E-state index contributed by atoms with van der Waals surface area (Å²) in [5.41, 5.74) is 3.52. The summed E-state index contributed by atoms with van der Waals surface area (Å²) in [6.45, 7) is 2.67. The van der Waals surface area contributed by atoms with Gasteiger partial charge in [0.1, 0.15) is 11.4 Å². The Morgan fingerprint density at radius 1 is 1.25 bits per heavy atom. The predicted molar refractivity (Wildman–Crippen MR) is 110 cm³/mol. The van der Waals surface area contributed by atoms with Crippen LogP contribution in [0.15, 0.2) is 47.5 Å². The third kappa shape index (κ3) is 2.63. The van der Waals surface area contributed by atoms with E-state index in [1.807, 2.05) is 22.9 Å². The highest BCUT2D eigenvalue weighted by Gasteiger charge is 2.28. The second kappa shape index (κ2) is 6.55. The molecule has 5 rings (SSSR count). The number of phenols is 1. The predicted octanol–water partition coefficient (Wildman–Crippen LogP) is 4.18. The van der Waals surface area contributed by atoms with Gasteiger partial charge in [-0.2, -0.15) is 0 Å². The summed E-state index contributed by atoms with van der Waals surface area (Å²) in [6.07, 6.45) is 8.24. The maximum Gasteiger partial charge on any atom is 0.329 e. The molecule has 0 aliphatic heterocycles. The van der Waals surface area contributed by atoms with Gasteiger partial charge in [0, 0.05) is 17.6 Å². The molecule has 1 aliphatic carbocycles. The molecule has 0 bridgehead atoms. The minimum Gasteiger partial charge on any atom is -0.508 e. The van der Waals surface area contributed by atoms with Gasteiger partial charge in [-0.15, -0.1) is 0 Å². The number of fused-ring (bicyclic) bond motifs is 3. The van der Waals surface area contributed by atoms with Gasteiger partial charge >= 0.3 is 5.69 Å². The van der Waals surface area contributed by atoms with Crippen LogP contribution in [0.25, 0.3) is 22.1 Å². The molecule has 0 spiro atoms. The number of nitrogens with zero attached hydrogens (tertiary/aromatic N) is 3. The second-order valence-corrected chi connectivity index (χ2v) is 7.97. The molecule has 0 radical (unpaired) electrons. The molecule has 2 atom stereocenters. The average Bonchev–Trinajstić information content (AvgIpc) is 3.26. The van der Waals surface area contributed by atoms with Crippen molar-refractivity contribution in [1.29, 1.82) is 0 Å². The second-order valence-electron chi connectivity index (χ2n) is 7.97. The zero-order chi connectivity index (χ0) is 19.3. The zero-order valence-corrected chi connectivity index (χ0v) is 15.9. The number of rotatable bonds is 3. The number of benzene rings is 1. The fraction of sp³-hybridized carbons (Fsp3) is 0.364. The summed E-state index contributed by atoms with van der Waals surface area (Å²) in [4.78, 5) is 21.3. The Labute approximate surface area is 162 Å². The average molecular weight is 376 g/mol. The number of aromatic hydroxyl groups is 1. The van der Waals surface area contributed by atoms with Crippen molar-refractivity contribution < 1.29 is 5.11 Å². The molecule has 28 heavy (non-hydrogen) atoms. The highest BCUT2D eigenvalue weighted by Crippen LogP contribution is 2.36. The third-order valence-corrected chi connectivity index (χ3v) is 6.16. The van der Waals surface area contributed by atoms with Crippen molar-refractivity contribution in [3.63, 3.8) is 0 Å². The molecule has 144 valence electrons. The van der Waals surface area contributed by atoms with Gasteiger partial charge in [0.25, 0.3) is 0 Å². The lowest BCUT2D eigenvalue weighted by molar-refractivity contribution is 0.256. The largest absolute Gasteiger partial charge is 0.508 e. The monoisotopic (exact) mass is 376 g/mol. The van der Waals surface area contributed by atoms with Crippen LogP contribution in [0.2, 0.25) is 0 Å². The van der Waals surface area contributed by atoms with E-state index >= 15 is 0 Å². The van der Waals surface area contributed by atoms with Crippen molar-refractivity contribution in [3.05, 3.63) is 58.8 Å². The van der Waals surface area contributed by atoms with Crippen LogP contribution in [0.1, 0.15) is 44.2 Å². The first-order chi connectivity index (χ1) is 13.6. The highest BCUT2D eigenvalue weighted by molar-refractivity contribution is 6.01. The van der Waals surface area contributed by atoms with Crippen LogP contribution in [0.5, 0.6) is 5.75 Å². The molecule has 6 heteroatoms. The number of nitrogens with one attached hydrogen (secondary N) is 1. The standard InChI is InChI=1S/C22H24N4O2/c1-14-5-2-3-8-18(14)26-20-17-9-10-23-21(17)24-12-19(20)25(22(26)28)13-15-6-4-7-16(27)11-15/h4,6-7,9-12,14,18,27H,2-3,5,8,13H2,1H3,(H,23,24)/t14-,18+/m1/s1. The van der Waals surface area contributed by atoms with Gasteiger partial charge in [-0.3, -0.25) is 9.13 Å².